The molecule has 4 rings (SSSR count). The highest BCUT2D eigenvalue weighted by molar-refractivity contribution is 6.35. The highest BCUT2D eigenvalue weighted by atomic mass is 35.5. The maximum atomic E-state index is 13.1. The summed E-state index contributed by atoms with van der Waals surface area (Å²) in [5.74, 6) is -0.0180. The number of hydrogen-bond acceptors (Lipinski definition) is 3. The molecule has 0 saturated heterocycles. The predicted octanol–water partition coefficient (Wildman–Crippen LogP) is 6.82. The number of halogens is 4. The summed E-state index contributed by atoms with van der Waals surface area (Å²) in [5, 5.41) is 6.53. The van der Waals surface area contributed by atoms with Crippen LogP contribution in [0.25, 0.3) is 17.1 Å². The van der Waals surface area contributed by atoms with Crippen LogP contribution in [0.15, 0.2) is 66.7 Å². The molecule has 5 nitrogen and oxygen atoms in total. The van der Waals surface area contributed by atoms with Crippen molar-refractivity contribution in [3.05, 3.63) is 92.6 Å². The number of rotatable bonds is 4. The Kier molecular flexibility index (Phi) is 6.21. The summed E-state index contributed by atoms with van der Waals surface area (Å²) in [6.07, 6.45) is 0. The second-order valence-corrected chi connectivity index (χ2v) is 8.33. The van der Waals surface area contributed by atoms with Gasteiger partial charge in [-0.1, -0.05) is 46.4 Å². The van der Waals surface area contributed by atoms with Gasteiger partial charge in [0.15, 0.2) is 5.82 Å². The minimum atomic E-state index is -0.394. The van der Waals surface area contributed by atoms with E-state index < -0.39 is 5.91 Å². The van der Waals surface area contributed by atoms with Crippen molar-refractivity contribution in [3.63, 3.8) is 0 Å². The zero-order valence-electron chi connectivity index (χ0n) is 16.1. The van der Waals surface area contributed by atoms with Gasteiger partial charge < -0.3 is 4.90 Å². The van der Waals surface area contributed by atoms with E-state index in [1.807, 2.05) is 0 Å². The smallest absolute Gasteiger partial charge is 0.297 e. The van der Waals surface area contributed by atoms with Gasteiger partial charge in [-0.3, -0.25) is 4.79 Å². The lowest BCUT2D eigenvalue weighted by atomic mass is 10.2. The Morgan fingerprint density at radius 3 is 2.06 bits per heavy atom. The molecule has 156 valence electrons. The Labute approximate surface area is 198 Å². The van der Waals surface area contributed by atoms with E-state index >= 15 is 0 Å². The first-order valence-corrected chi connectivity index (χ1v) is 10.6. The van der Waals surface area contributed by atoms with Crippen molar-refractivity contribution in [2.45, 2.75) is 0 Å². The van der Waals surface area contributed by atoms with Gasteiger partial charge in [0.1, 0.15) is 0 Å². The first-order valence-electron chi connectivity index (χ1n) is 9.05. The Morgan fingerprint density at radius 1 is 0.839 bits per heavy atom. The SMILES string of the molecule is CN(C(=O)c1nc(-c2cc(Cl)ccc2Cl)n(-c2ccc(Cl)cc2)n1)c1ccc(Cl)cc1. The monoisotopic (exact) mass is 490 g/mol. The lowest BCUT2D eigenvalue weighted by Gasteiger charge is -2.15. The van der Waals surface area contributed by atoms with E-state index in [1.54, 1.807) is 73.8 Å². The number of hydrogen-bond donors (Lipinski definition) is 0. The fraction of sp³-hybridized carbons (Fsp3) is 0.0455. The summed E-state index contributed by atoms with van der Waals surface area (Å²) in [5.41, 5.74) is 1.86. The van der Waals surface area contributed by atoms with E-state index in [0.717, 1.165) is 0 Å². The topological polar surface area (TPSA) is 51.0 Å². The maximum Gasteiger partial charge on any atom is 0.297 e. The molecule has 4 aromatic rings. The third-order valence-corrected chi connectivity index (χ3v) is 5.63. The van der Waals surface area contributed by atoms with E-state index in [9.17, 15) is 4.79 Å². The number of aromatic nitrogens is 3. The molecule has 0 unspecified atom stereocenters. The minimum Gasteiger partial charge on any atom is -0.309 e. The molecule has 0 bridgehead atoms. The normalized spacial score (nSPS) is 10.9. The number of nitrogens with zero attached hydrogens (tertiary/aromatic N) is 4. The Bertz CT molecular complexity index is 1250. The van der Waals surface area contributed by atoms with E-state index in [-0.39, 0.29) is 5.82 Å². The number of carbonyl (C=O) groups excluding carboxylic acids is 1. The third-order valence-electron chi connectivity index (χ3n) is 4.56. The summed E-state index contributed by atoms with van der Waals surface area (Å²) in [6, 6.07) is 18.9. The van der Waals surface area contributed by atoms with Crippen LogP contribution in [0.1, 0.15) is 10.6 Å². The zero-order chi connectivity index (χ0) is 22.1. The fourth-order valence-corrected chi connectivity index (χ4v) is 3.57. The van der Waals surface area contributed by atoms with Crippen LogP contribution in [0.2, 0.25) is 20.1 Å². The Morgan fingerprint density at radius 2 is 1.42 bits per heavy atom. The molecule has 0 saturated carbocycles. The van der Waals surface area contributed by atoms with Crippen LogP contribution >= 0.6 is 46.4 Å². The summed E-state index contributed by atoms with van der Waals surface area (Å²) < 4.78 is 1.54. The van der Waals surface area contributed by atoms with Crippen molar-refractivity contribution in [3.8, 4) is 17.1 Å². The third kappa shape index (κ3) is 4.55. The second kappa shape index (κ2) is 8.89. The number of anilines is 1. The van der Waals surface area contributed by atoms with E-state index in [4.69, 9.17) is 46.4 Å². The summed E-state index contributed by atoms with van der Waals surface area (Å²) >= 11 is 24.6. The van der Waals surface area contributed by atoms with Crippen LogP contribution in [0, 0.1) is 0 Å². The van der Waals surface area contributed by atoms with Gasteiger partial charge in [-0.25, -0.2) is 9.67 Å². The van der Waals surface area contributed by atoms with Gasteiger partial charge in [0.25, 0.3) is 5.91 Å². The van der Waals surface area contributed by atoms with Crippen LogP contribution in [0.3, 0.4) is 0 Å². The van der Waals surface area contributed by atoms with Gasteiger partial charge >= 0.3 is 0 Å². The quantitative estimate of drug-likeness (QED) is 0.314. The maximum absolute atomic E-state index is 13.1. The number of amides is 1. The molecule has 0 N–H and O–H groups in total. The van der Waals surface area contributed by atoms with Crippen LogP contribution in [-0.2, 0) is 0 Å². The lowest BCUT2D eigenvalue weighted by molar-refractivity contribution is 0.0983. The summed E-state index contributed by atoms with van der Waals surface area (Å²) in [7, 11) is 1.64. The molecule has 3 aromatic carbocycles. The summed E-state index contributed by atoms with van der Waals surface area (Å²) in [6.45, 7) is 0. The predicted molar refractivity (Wildman–Crippen MR) is 126 cm³/mol. The molecule has 0 radical (unpaired) electrons. The molecule has 1 amide bonds. The van der Waals surface area contributed by atoms with E-state index in [0.29, 0.717) is 42.9 Å². The van der Waals surface area contributed by atoms with Crippen LogP contribution in [0.5, 0.6) is 0 Å². The Balaban J connectivity index is 1.82. The van der Waals surface area contributed by atoms with Gasteiger partial charge in [-0.2, -0.15) is 0 Å². The molecular weight excluding hydrogens is 478 g/mol. The van der Waals surface area contributed by atoms with Gasteiger partial charge in [0.05, 0.1) is 10.7 Å². The first kappa shape index (κ1) is 21.7. The van der Waals surface area contributed by atoms with Crippen molar-refractivity contribution >= 4 is 58.0 Å². The molecule has 1 aromatic heterocycles. The van der Waals surface area contributed by atoms with Crippen molar-refractivity contribution in [1.82, 2.24) is 14.8 Å². The van der Waals surface area contributed by atoms with Crippen molar-refractivity contribution in [2.75, 3.05) is 11.9 Å². The van der Waals surface area contributed by atoms with Crippen LogP contribution < -0.4 is 4.90 Å². The fourth-order valence-electron chi connectivity index (χ4n) is 2.94. The molecule has 0 fully saturated rings. The zero-order valence-corrected chi connectivity index (χ0v) is 19.1. The van der Waals surface area contributed by atoms with Gasteiger partial charge in [-0.05, 0) is 66.7 Å². The molecule has 31 heavy (non-hydrogen) atoms. The van der Waals surface area contributed by atoms with Crippen molar-refractivity contribution in [2.24, 2.45) is 0 Å². The molecule has 0 aliphatic heterocycles. The average Bonchev–Trinajstić information content (AvgIpc) is 3.20. The molecule has 0 aliphatic rings. The molecule has 0 aliphatic carbocycles. The molecule has 0 atom stereocenters. The molecule has 0 spiro atoms. The lowest BCUT2D eigenvalue weighted by Crippen LogP contribution is -2.27. The summed E-state index contributed by atoms with van der Waals surface area (Å²) in [4.78, 5) is 19.1. The highest BCUT2D eigenvalue weighted by Gasteiger charge is 2.23. The Hall–Kier alpha value is -2.57. The van der Waals surface area contributed by atoms with E-state index in [1.165, 1.54) is 9.58 Å². The van der Waals surface area contributed by atoms with Crippen LogP contribution in [-0.4, -0.2) is 27.7 Å². The van der Waals surface area contributed by atoms with Gasteiger partial charge in [0, 0.05) is 33.4 Å². The van der Waals surface area contributed by atoms with Gasteiger partial charge in [0.2, 0.25) is 5.82 Å². The van der Waals surface area contributed by atoms with E-state index in [2.05, 4.69) is 10.1 Å². The first-order chi connectivity index (χ1) is 14.8. The standard InChI is InChI=1S/C22H14Cl4N4O/c1-29(16-7-2-13(23)3-8-16)22(31)20-27-21(18-12-15(25)6-11-19(18)26)30(28-20)17-9-4-14(24)5-10-17/h2-12H,1H3. The molecule has 9 heteroatoms. The number of benzene rings is 3. The number of carbonyl (C=O) groups is 1. The van der Waals surface area contributed by atoms with Crippen molar-refractivity contribution in [1.29, 1.82) is 0 Å². The molecule has 1 heterocycles. The van der Waals surface area contributed by atoms with Gasteiger partial charge in [-0.15, -0.1) is 5.10 Å². The highest BCUT2D eigenvalue weighted by Crippen LogP contribution is 2.31. The van der Waals surface area contributed by atoms with Crippen LogP contribution in [0.4, 0.5) is 5.69 Å². The molecular formula is C22H14Cl4N4O. The minimum absolute atomic E-state index is 0.00144. The van der Waals surface area contributed by atoms with Crippen molar-refractivity contribution < 1.29 is 4.79 Å². The largest absolute Gasteiger partial charge is 0.309 e. The second-order valence-electron chi connectivity index (χ2n) is 6.61. The average molecular weight is 492 g/mol.